The van der Waals surface area contributed by atoms with Crippen molar-refractivity contribution >= 4 is 29.7 Å². The first-order valence-electron chi connectivity index (χ1n) is 11.8. The van der Waals surface area contributed by atoms with Gasteiger partial charge in [-0.3, -0.25) is 4.79 Å². The molecule has 0 radical (unpaired) electrons. The zero-order valence-electron chi connectivity index (χ0n) is 20.5. The van der Waals surface area contributed by atoms with Crippen LogP contribution in [0.3, 0.4) is 0 Å². The highest BCUT2D eigenvalue weighted by atomic mass is 35.5. The van der Waals surface area contributed by atoms with Crippen LogP contribution in [0.5, 0.6) is 17.2 Å². The standard InChI is InChI=1S/C30H25ClN2O5/c1-21(37-27-16-14-26(15-17-27)36-20-22-6-3-2-4-7-22)29(34)33-32-19-23-8-5-9-28(18-23)38-30(35)24-10-12-25(31)13-11-24/h2-19,21H,20H2,1H3,(H,33,34)/b32-19+. The van der Waals surface area contributed by atoms with Crippen molar-refractivity contribution in [2.45, 2.75) is 19.6 Å². The zero-order valence-corrected chi connectivity index (χ0v) is 21.3. The molecule has 7 nitrogen and oxygen atoms in total. The van der Waals surface area contributed by atoms with Crippen molar-refractivity contribution < 1.29 is 23.8 Å². The van der Waals surface area contributed by atoms with Gasteiger partial charge in [0.2, 0.25) is 0 Å². The van der Waals surface area contributed by atoms with Gasteiger partial charge in [-0.25, -0.2) is 10.2 Å². The average molecular weight is 529 g/mol. The zero-order chi connectivity index (χ0) is 26.7. The largest absolute Gasteiger partial charge is 0.489 e. The number of carbonyl (C=O) groups excluding carboxylic acids is 2. The topological polar surface area (TPSA) is 86.2 Å². The Labute approximate surface area is 225 Å². The molecule has 4 aromatic carbocycles. The number of esters is 1. The van der Waals surface area contributed by atoms with Crippen molar-refractivity contribution in [2.75, 3.05) is 0 Å². The number of rotatable bonds is 10. The molecule has 1 unspecified atom stereocenters. The average Bonchev–Trinajstić information content (AvgIpc) is 2.93. The molecule has 192 valence electrons. The molecule has 0 aliphatic heterocycles. The maximum Gasteiger partial charge on any atom is 0.343 e. The molecule has 0 aliphatic rings. The normalized spacial score (nSPS) is 11.5. The molecule has 0 bridgehead atoms. The van der Waals surface area contributed by atoms with E-state index in [-0.39, 0.29) is 0 Å². The maximum absolute atomic E-state index is 12.4. The first-order chi connectivity index (χ1) is 18.5. The Kier molecular flexibility index (Phi) is 9.10. The van der Waals surface area contributed by atoms with E-state index in [0.29, 0.717) is 40.0 Å². The van der Waals surface area contributed by atoms with Gasteiger partial charge in [-0.1, -0.05) is 54.1 Å². The van der Waals surface area contributed by atoms with Crippen molar-refractivity contribution in [2.24, 2.45) is 5.10 Å². The van der Waals surface area contributed by atoms with Gasteiger partial charge in [0.25, 0.3) is 5.91 Å². The molecular formula is C30H25ClN2O5. The summed E-state index contributed by atoms with van der Waals surface area (Å²) in [4.78, 5) is 24.7. The molecule has 4 rings (SSSR count). The Hall–Kier alpha value is -4.62. The van der Waals surface area contributed by atoms with Crippen molar-refractivity contribution in [1.82, 2.24) is 5.43 Å². The van der Waals surface area contributed by atoms with Crippen LogP contribution in [0.1, 0.15) is 28.4 Å². The molecule has 8 heteroatoms. The molecule has 0 heterocycles. The van der Waals surface area contributed by atoms with Crippen LogP contribution in [-0.2, 0) is 11.4 Å². The van der Waals surface area contributed by atoms with Crippen molar-refractivity contribution in [3.63, 3.8) is 0 Å². The molecule has 0 aliphatic carbocycles. The molecule has 4 aromatic rings. The Morgan fingerprint density at radius 1 is 0.868 bits per heavy atom. The van der Waals surface area contributed by atoms with Crippen molar-refractivity contribution in [3.05, 3.63) is 125 Å². The van der Waals surface area contributed by atoms with Crippen LogP contribution in [0.2, 0.25) is 5.02 Å². The van der Waals surface area contributed by atoms with Crippen molar-refractivity contribution in [3.8, 4) is 17.2 Å². The van der Waals surface area contributed by atoms with Gasteiger partial charge >= 0.3 is 5.97 Å². The monoisotopic (exact) mass is 528 g/mol. The lowest BCUT2D eigenvalue weighted by Gasteiger charge is -2.13. The lowest BCUT2D eigenvalue weighted by molar-refractivity contribution is -0.127. The number of hydrazone groups is 1. The maximum atomic E-state index is 12.4. The van der Waals surface area contributed by atoms with E-state index in [2.05, 4.69) is 10.5 Å². The van der Waals surface area contributed by atoms with Crippen LogP contribution in [0, 0.1) is 0 Å². The Morgan fingerprint density at radius 2 is 1.58 bits per heavy atom. The highest BCUT2D eigenvalue weighted by molar-refractivity contribution is 6.30. The number of hydrogen-bond donors (Lipinski definition) is 1. The van der Waals surface area contributed by atoms with Crippen LogP contribution >= 0.6 is 11.6 Å². The summed E-state index contributed by atoms with van der Waals surface area (Å²) >= 11 is 5.85. The summed E-state index contributed by atoms with van der Waals surface area (Å²) in [5.74, 6) is 0.637. The number of ether oxygens (including phenoxy) is 3. The van der Waals surface area contributed by atoms with Crippen LogP contribution < -0.4 is 19.6 Å². The summed E-state index contributed by atoms with van der Waals surface area (Å²) in [6, 6.07) is 30.1. The number of amides is 1. The molecule has 1 atom stereocenters. The third-order valence-electron chi connectivity index (χ3n) is 5.29. The van der Waals surface area contributed by atoms with Gasteiger partial charge < -0.3 is 14.2 Å². The molecule has 0 spiro atoms. The number of hydrogen-bond acceptors (Lipinski definition) is 6. The minimum atomic E-state index is -0.782. The van der Waals surface area contributed by atoms with E-state index in [9.17, 15) is 9.59 Å². The predicted molar refractivity (Wildman–Crippen MR) is 146 cm³/mol. The molecule has 0 saturated heterocycles. The SMILES string of the molecule is CC(Oc1ccc(OCc2ccccc2)cc1)C(=O)N/N=C/c1cccc(OC(=O)c2ccc(Cl)cc2)c1. The minimum absolute atomic E-state index is 0.341. The van der Waals surface area contributed by atoms with Gasteiger partial charge in [-0.05, 0) is 78.7 Å². The van der Waals surface area contributed by atoms with E-state index in [4.69, 9.17) is 25.8 Å². The molecule has 0 saturated carbocycles. The lowest BCUT2D eigenvalue weighted by Crippen LogP contribution is -2.33. The van der Waals surface area contributed by atoms with Gasteiger partial charge in [0, 0.05) is 5.02 Å². The molecule has 1 N–H and O–H groups in total. The first-order valence-corrected chi connectivity index (χ1v) is 12.2. The second-order valence-corrected chi connectivity index (χ2v) is 8.65. The summed E-state index contributed by atoms with van der Waals surface area (Å²) in [5, 5.41) is 4.51. The summed E-state index contributed by atoms with van der Waals surface area (Å²) in [5.41, 5.74) is 4.54. The molecule has 1 amide bonds. The predicted octanol–water partition coefficient (Wildman–Crippen LogP) is 6.06. The van der Waals surface area contributed by atoms with E-state index < -0.39 is 18.0 Å². The Bertz CT molecular complexity index is 1390. The van der Waals surface area contributed by atoms with E-state index in [0.717, 1.165) is 5.56 Å². The fraction of sp³-hybridized carbons (Fsp3) is 0.100. The quantitative estimate of drug-likeness (QED) is 0.117. The minimum Gasteiger partial charge on any atom is -0.489 e. The molecule has 0 fully saturated rings. The number of benzene rings is 4. The van der Waals surface area contributed by atoms with E-state index in [1.54, 1.807) is 79.7 Å². The van der Waals surface area contributed by atoms with Crippen LogP contribution in [0.4, 0.5) is 0 Å². The molecular weight excluding hydrogens is 504 g/mol. The van der Waals surface area contributed by atoms with Crippen molar-refractivity contribution in [1.29, 1.82) is 0 Å². The van der Waals surface area contributed by atoms with Gasteiger partial charge in [-0.15, -0.1) is 0 Å². The third-order valence-corrected chi connectivity index (χ3v) is 5.54. The van der Waals surface area contributed by atoms with Crippen LogP contribution in [0.25, 0.3) is 0 Å². The van der Waals surface area contributed by atoms with E-state index >= 15 is 0 Å². The van der Waals surface area contributed by atoms with Gasteiger partial charge in [-0.2, -0.15) is 5.10 Å². The van der Waals surface area contributed by atoms with E-state index in [1.807, 2.05) is 30.3 Å². The first kappa shape index (κ1) is 26.4. The van der Waals surface area contributed by atoms with Gasteiger partial charge in [0.05, 0.1) is 11.8 Å². The Morgan fingerprint density at radius 3 is 2.32 bits per heavy atom. The molecule has 0 aromatic heterocycles. The molecule has 38 heavy (non-hydrogen) atoms. The summed E-state index contributed by atoms with van der Waals surface area (Å²) in [6.45, 7) is 2.09. The highest BCUT2D eigenvalue weighted by Gasteiger charge is 2.14. The van der Waals surface area contributed by atoms with E-state index in [1.165, 1.54) is 6.21 Å². The summed E-state index contributed by atoms with van der Waals surface area (Å²) < 4.78 is 16.9. The second-order valence-electron chi connectivity index (χ2n) is 8.21. The Balaban J connectivity index is 1.24. The fourth-order valence-corrected chi connectivity index (χ4v) is 3.41. The number of halogens is 1. The summed E-state index contributed by atoms with van der Waals surface area (Å²) in [6.07, 6.45) is 0.665. The number of nitrogens with one attached hydrogen (secondary N) is 1. The third kappa shape index (κ3) is 7.94. The van der Waals surface area contributed by atoms with Gasteiger partial charge in [0.1, 0.15) is 23.9 Å². The fourth-order valence-electron chi connectivity index (χ4n) is 3.28. The summed E-state index contributed by atoms with van der Waals surface area (Å²) in [7, 11) is 0. The second kappa shape index (κ2) is 13.1. The van der Waals surface area contributed by atoms with Crippen LogP contribution in [-0.4, -0.2) is 24.2 Å². The van der Waals surface area contributed by atoms with Gasteiger partial charge in [0.15, 0.2) is 6.10 Å². The highest BCUT2D eigenvalue weighted by Crippen LogP contribution is 2.20. The number of nitrogens with zero attached hydrogens (tertiary/aromatic N) is 1. The van der Waals surface area contributed by atoms with Crippen LogP contribution in [0.15, 0.2) is 108 Å². The number of carbonyl (C=O) groups is 2. The lowest BCUT2D eigenvalue weighted by atomic mass is 10.2. The smallest absolute Gasteiger partial charge is 0.343 e.